The first-order valence-electron chi connectivity index (χ1n) is 9.21. The zero-order chi connectivity index (χ0) is 21.1. The Labute approximate surface area is 176 Å². The first-order valence-corrected chi connectivity index (χ1v) is 10.1. The van der Waals surface area contributed by atoms with Crippen LogP contribution >= 0.6 is 11.3 Å². The van der Waals surface area contributed by atoms with E-state index >= 15 is 0 Å². The second kappa shape index (κ2) is 8.34. The van der Waals surface area contributed by atoms with Crippen LogP contribution in [0, 0.1) is 5.82 Å². The van der Waals surface area contributed by atoms with Gasteiger partial charge in [0, 0.05) is 41.6 Å². The summed E-state index contributed by atoms with van der Waals surface area (Å²) in [5.41, 5.74) is 3.43. The fourth-order valence-electron chi connectivity index (χ4n) is 3.14. The number of amides is 2. The van der Waals surface area contributed by atoms with Gasteiger partial charge in [-0.15, -0.1) is 11.3 Å². The van der Waals surface area contributed by atoms with Crippen LogP contribution in [0.15, 0.2) is 78.4 Å². The van der Waals surface area contributed by atoms with Gasteiger partial charge in [0.25, 0.3) is 5.91 Å². The van der Waals surface area contributed by atoms with Gasteiger partial charge in [-0.1, -0.05) is 12.1 Å². The van der Waals surface area contributed by atoms with Gasteiger partial charge in [0.1, 0.15) is 10.7 Å². The highest BCUT2D eigenvalue weighted by atomic mass is 32.1. The molecule has 0 spiro atoms. The van der Waals surface area contributed by atoms with Crippen molar-refractivity contribution >= 4 is 34.5 Å². The van der Waals surface area contributed by atoms with E-state index in [1.54, 1.807) is 30.3 Å². The van der Waals surface area contributed by atoms with Crippen LogP contribution in [0.2, 0.25) is 0 Å². The third kappa shape index (κ3) is 4.16. The van der Waals surface area contributed by atoms with Crippen LogP contribution in [0.25, 0.3) is 16.8 Å². The van der Waals surface area contributed by atoms with Crippen molar-refractivity contribution in [3.05, 3.63) is 89.1 Å². The number of halogens is 1. The molecule has 0 atom stereocenters. The fourth-order valence-corrected chi connectivity index (χ4v) is 4.11. The maximum Gasteiger partial charge on any atom is 0.267 e. The SMILES string of the molecule is CC(=O)Nc1ccc(NC(=O)c2scc(-c3cccc(F)c3)c2-n2cccc2)cc1. The van der Waals surface area contributed by atoms with Crippen molar-refractivity contribution in [2.24, 2.45) is 0 Å². The zero-order valence-corrected chi connectivity index (χ0v) is 16.9. The molecule has 0 aliphatic heterocycles. The smallest absolute Gasteiger partial charge is 0.267 e. The second-order valence-corrected chi connectivity index (χ2v) is 7.52. The van der Waals surface area contributed by atoms with E-state index in [4.69, 9.17) is 0 Å². The molecule has 4 rings (SSSR count). The minimum atomic E-state index is -0.331. The molecular formula is C23H18FN3O2S. The van der Waals surface area contributed by atoms with E-state index in [-0.39, 0.29) is 17.6 Å². The van der Waals surface area contributed by atoms with Crippen molar-refractivity contribution in [2.45, 2.75) is 6.92 Å². The summed E-state index contributed by atoms with van der Waals surface area (Å²) in [4.78, 5) is 24.7. The lowest BCUT2D eigenvalue weighted by molar-refractivity contribution is -0.114. The Morgan fingerprint density at radius 1 is 0.933 bits per heavy atom. The normalized spacial score (nSPS) is 10.6. The van der Waals surface area contributed by atoms with Gasteiger partial charge in [-0.2, -0.15) is 0 Å². The number of aromatic nitrogens is 1. The average Bonchev–Trinajstić information content (AvgIpc) is 3.38. The first-order chi connectivity index (χ1) is 14.5. The second-order valence-electron chi connectivity index (χ2n) is 6.64. The highest BCUT2D eigenvalue weighted by Gasteiger charge is 2.20. The van der Waals surface area contributed by atoms with Crippen LogP contribution in [-0.2, 0) is 4.79 Å². The van der Waals surface area contributed by atoms with E-state index in [2.05, 4.69) is 10.6 Å². The first kappa shape index (κ1) is 19.6. The van der Waals surface area contributed by atoms with Crippen molar-refractivity contribution in [1.29, 1.82) is 0 Å². The molecule has 2 aromatic heterocycles. The monoisotopic (exact) mass is 419 g/mol. The minimum absolute atomic E-state index is 0.161. The van der Waals surface area contributed by atoms with Crippen molar-refractivity contribution in [1.82, 2.24) is 4.57 Å². The van der Waals surface area contributed by atoms with Gasteiger partial charge in [0.05, 0.1) is 5.69 Å². The molecular weight excluding hydrogens is 401 g/mol. The Morgan fingerprint density at radius 3 is 2.23 bits per heavy atom. The molecule has 2 heterocycles. The van der Waals surface area contributed by atoms with Crippen LogP contribution in [-0.4, -0.2) is 16.4 Å². The summed E-state index contributed by atoms with van der Waals surface area (Å²) in [5.74, 6) is -0.757. The number of hydrogen-bond donors (Lipinski definition) is 2. The number of hydrogen-bond acceptors (Lipinski definition) is 3. The topological polar surface area (TPSA) is 63.1 Å². The molecule has 5 nitrogen and oxygen atoms in total. The lowest BCUT2D eigenvalue weighted by Crippen LogP contribution is -2.13. The van der Waals surface area contributed by atoms with Gasteiger partial charge in [-0.3, -0.25) is 9.59 Å². The Kier molecular flexibility index (Phi) is 5.45. The van der Waals surface area contributed by atoms with Crippen LogP contribution < -0.4 is 10.6 Å². The highest BCUT2D eigenvalue weighted by molar-refractivity contribution is 7.13. The zero-order valence-electron chi connectivity index (χ0n) is 16.1. The predicted molar refractivity (Wildman–Crippen MR) is 118 cm³/mol. The minimum Gasteiger partial charge on any atom is -0.326 e. The van der Waals surface area contributed by atoms with E-state index in [1.807, 2.05) is 40.5 Å². The van der Waals surface area contributed by atoms with E-state index in [0.717, 1.165) is 5.56 Å². The third-order valence-corrected chi connectivity index (χ3v) is 5.40. The molecule has 0 aliphatic rings. The molecule has 0 unspecified atom stereocenters. The number of benzene rings is 2. The van der Waals surface area contributed by atoms with Crippen molar-refractivity contribution in [2.75, 3.05) is 10.6 Å². The average molecular weight is 419 g/mol. The summed E-state index contributed by atoms with van der Waals surface area (Å²) in [6, 6.07) is 16.9. The van der Waals surface area contributed by atoms with Crippen LogP contribution in [0.5, 0.6) is 0 Å². The van der Waals surface area contributed by atoms with E-state index in [0.29, 0.717) is 27.5 Å². The Bertz CT molecular complexity index is 1200. The molecule has 2 aromatic carbocycles. The Balaban J connectivity index is 1.67. The molecule has 0 aliphatic carbocycles. The molecule has 2 amide bonds. The number of nitrogens with one attached hydrogen (secondary N) is 2. The van der Waals surface area contributed by atoms with Crippen LogP contribution in [0.3, 0.4) is 0 Å². The number of thiophene rings is 1. The Morgan fingerprint density at radius 2 is 1.60 bits per heavy atom. The molecule has 0 saturated carbocycles. The number of rotatable bonds is 5. The van der Waals surface area contributed by atoms with Gasteiger partial charge in [-0.25, -0.2) is 4.39 Å². The lowest BCUT2D eigenvalue weighted by atomic mass is 10.1. The van der Waals surface area contributed by atoms with E-state index in [1.165, 1.54) is 30.4 Å². The van der Waals surface area contributed by atoms with Gasteiger partial charge in [0.15, 0.2) is 0 Å². The predicted octanol–water partition coefficient (Wildman–Crippen LogP) is 5.56. The quantitative estimate of drug-likeness (QED) is 0.445. The summed E-state index contributed by atoms with van der Waals surface area (Å²) >= 11 is 1.30. The molecule has 0 fully saturated rings. The number of nitrogens with zero attached hydrogens (tertiary/aromatic N) is 1. The van der Waals surface area contributed by atoms with Gasteiger partial charge in [-0.05, 0) is 54.1 Å². The molecule has 150 valence electrons. The molecule has 4 aromatic rings. The van der Waals surface area contributed by atoms with Crippen molar-refractivity contribution < 1.29 is 14.0 Å². The van der Waals surface area contributed by atoms with Crippen molar-refractivity contribution in [3.8, 4) is 16.8 Å². The Hall–Kier alpha value is -3.71. The third-order valence-electron chi connectivity index (χ3n) is 4.43. The summed E-state index contributed by atoms with van der Waals surface area (Å²) in [7, 11) is 0. The summed E-state index contributed by atoms with van der Waals surface area (Å²) in [6.07, 6.45) is 3.70. The van der Waals surface area contributed by atoms with E-state index in [9.17, 15) is 14.0 Å². The van der Waals surface area contributed by atoms with Crippen LogP contribution in [0.4, 0.5) is 15.8 Å². The number of anilines is 2. The number of carbonyl (C=O) groups excluding carboxylic acids is 2. The van der Waals surface area contributed by atoms with Gasteiger partial charge >= 0.3 is 0 Å². The van der Waals surface area contributed by atoms with Gasteiger partial charge < -0.3 is 15.2 Å². The van der Waals surface area contributed by atoms with Crippen LogP contribution in [0.1, 0.15) is 16.6 Å². The standard InChI is InChI=1S/C23H18FN3O2S/c1-15(28)25-18-7-9-19(10-8-18)26-23(29)22-21(27-11-2-3-12-27)20(14-30-22)16-5-4-6-17(24)13-16/h2-14H,1H3,(H,25,28)(H,26,29). The molecule has 7 heteroatoms. The summed E-state index contributed by atoms with van der Waals surface area (Å²) in [6.45, 7) is 1.44. The van der Waals surface area contributed by atoms with E-state index < -0.39 is 0 Å². The summed E-state index contributed by atoms with van der Waals surface area (Å²) < 4.78 is 15.6. The lowest BCUT2D eigenvalue weighted by Gasteiger charge is -2.11. The maximum atomic E-state index is 13.8. The fraction of sp³-hybridized carbons (Fsp3) is 0.0435. The maximum absolute atomic E-state index is 13.8. The van der Waals surface area contributed by atoms with Crippen molar-refractivity contribution in [3.63, 3.8) is 0 Å². The molecule has 0 saturated heterocycles. The van der Waals surface area contributed by atoms with Gasteiger partial charge in [0.2, 0.25) is 5.91 Å². The largest absolute Gasteiger partial charge is 0.326 e. The molecule has 2 N–H and O–H groups in total. The summed E-state index contributed by atoms with van der Waals surface area (Å²) in [5, 5.41) is 7.44. The molecule has 30 heavy (non-hydrogen) atoms. The molecule has 0 bridgehead atoms. The number of carbonyl (C=O) groups is 2. The highest BCUT2D eigenvalue weighted by Crippen LogP contribution is 2.35. The molecule has 0 radical (unpaired) electrons.